The van der Waals surface area contributed by atoms with Crippen molar-refractivity contribution in [3.63, 3.8) is 0 Å². The molecule has 0 N–H and O–H groups in total. The Labute approximate surface area is 101 Å². The molecular weight excluding hydrogens is 302 g/mol. The molecule has 0 atom stereocenters. The van der Waals surface area contributed by atoms with Gasteiger partial charge in [-0.1, -0.05) is 0 Å². The molecule has 0 radical (unpaired) electrons. The molecule has 14 heavy (non-hydrogen) atoms. The van der Waals surface area contributed by atoms with E-state index in [1.807, 2.05) is 0 Å². The van der Waals surface area contributed by atoms with Crippen LogP contribution in [0.1, 0.15) is 20.8 Å². The van der Waals surface area contributed by atoms with Crippen molar-refractivity contribution in [2.24, 2.45) is 0 Å². The molecule has 0 fully saturated rings. The molecule has 80 valence electrons. The Morgan fingerprint density at radius 1 is 0.929 bits per heavy atom. The van der Waals surface area contributed by atoms with E-state index in [0.717, 1.165) is 0 Å². The molecule has 1 aromatic rings. The summed E-state index contributed by atoms with van der Waals surface area (Å²) in [5.41, 5.74) is 0. The molecule has 1 rings (SSSR count). The van der Waals surface area contributed by atoms with E-state index in [9.17, 15) is 0 Å². The molecule has 0 aromatic heterocycles. The molecule has 0 bridgehead atoms. The summed E-state index contributed by atoms with van der Waals surface area (Å²) in [5.74, 6) is 0. The molecule has 0 saturated heterocycles. The standard InChI is InChI=1S/C12H20IP/c1-4-14(13,5-2,6-3)12-10-8-7-9-11-12/h7-11H,4-6H2,1-3H3. The van der Waals surface area contributed by atoms with Crippen LogP contribution < -0.4 is 5.30 Å². The fourth-order valence-electron chi connectivity index (χ4n) is 2.02. The summed E-state index contributed by atoms with van der Waals surface area (Å²) in [7, 11) is 0. The zero-order valence-electron chi connectivity index (χ0n) is 9.33. The van der Waals surface area contributed by atoms with Crippen LogP contribution in [0.15, 0.2) is 30.3 Å². The van der Waals surface area contributed by atoms with Crippen molar-refractivity contribution in [1.29, 1.82) is 0 Å². The molecule has 0 nitrogen and oxygen atoms in total. The summed E-state index contributed by atoms with van der Waals surface area (Å²) in [6, 6.07) is 11.1. The number of benzene rings is 1. The maximum atomic E-state index is 2.80. The molecule has 0 aliphatic heterocycles. The molecule has 0 aliphatic carbocycles. The van der Waals surface area contributed by atoms with Crippen molar-refractivity contribution in [3.05, 3.63) is 30.3 Å². The number of hydrogen-bond acceptors (Lipinski definition) is 0. The van der Waals surface area contributed by atoms with E-state index in [-0.39, 0.29) is 0 Å². The van der Waals surface area contributed by atoms with Crippen molar-refractivity contribution in [2.45, 2.75) is 20.8 Å². The third kappa shape index (κ3) is 1.99. The average molecular weight is 322 g/mol. The van der Waals surface area contributed by atoms with Gasteiger partial charge in [-0.05, 0) is 0 Å². The zero-order valence-corrected chi connectivity index (χ0v) is 12.4. The number of halogens is 1. The predicted molar refractivity (Wildman–Crippen MR) is 78.6 cm³/mol. The monoisotopic (exact) mass is 322 g/mol. The maximum absolute atomic E-state index is 2.80. The van der Waals surface area contributed by atoms with Crippen LogP contribution in [-0.4, -0.2) is 18.5 Å². The van der Waals surface area contributed by atoms with E-state index in [2.05, 4.69) is 73.1 Å². The Hall–Kier alpha value is 0.380. The quantitative estimate of drug-likeness (QED) is 0.573. The average Bonchev–Trinajstić information content (AvgIpc) is 2.30. The Morgan fingerprint density at radius 2 is 1.36 bits per heavy atom. The van der Waals surface area contributed by atoms with Crippen LogP contribution >= 0.6 is 26.3 Å². The van der Waals surface area contributed by atoms with Gasteiger partial charge in [-0.15, -0.1) is 0 Å². The fourth-order valence-corrected chi connectivity index (χ4v) is 6.34. The predicted octanol–water partition coefficient (Wildman–Crippen LogP) is 4.27. The van der Waals surface area contributed by atoms with Crippen molar-refractivity contribution >= 4 is 31.6 Å². The van der Waals surface area contributed by atoms with Gasteiger partial charge in [-0.3, -0.25) is 0 Å². The van der Waals surface area contributed by atoms with E-state index in [1.54, 1.807) is 5.30 Å². The summed E-state index contributed by atoms with van der Waals surface area (Å²) in [4.78, 5) is 0. The van der Waals surface area contributed by atoms with Gasteiger partial charge in [-0.25, -0.2) is 0 Å². The first-order chi connectivity index (χ1) is 6.59. The minimum absolute atomic E-state index is 1.32. The van der Waals surface area contributed by atoms with Gasteiger partial charge >= 0.3 is 101 Å². The van der Waals surface area contributed by atoms with Crippen molar-refractivity contribution in [2.75, 3.05) is 18.5 Å². The van der Waals surface area contributed by atoms with Crippen LogP contribution in [0.4, 0.5) is 0 Å². The van der Waals surface area contributed by atoms with Gasteiger partial charge in [0.15, 0.2) is 0 Å². The van der Waals surface area contributed by atoms with Crippen molar-refractivity contribution < 1.29 is 0 Å². The topological polar surface area (TPSA) is 0 Å². The molecule has 0 amide bonds. The first kappa shape index (κ1) is 12.4. The Bertz CT molecular complexity index is 279. The summed E-state index contributed by atoms with van der Waals surface area (Å²) in [6.07, 6.45) is 3.97. The molecular formula is C12H20IP. The Morgan fingerprint density at radius 3 is 1.71 bits per heavy atom. The third-order valence-corrected chi connectivity index (χ3v) is 17.3. The summed E-state index contributed by atoms with van der Waals surface area (Å²) < 4.78 is -1.60. The van der Waals surface area contributed by atoms with Crippen LogP contribution in [0.5, 0.6) is 0 Å². The summed E-state index contributed by atoms with van der Waals surface area (Å²) >= 11 is 2.80. The molecule has 0 saturated carbocycles. The van der Waals surface area contributed by atoms with Crippen LogP contribution in [0.2, 0.25) is 0 Å². The van der Waals surface area contributed by atoms with Crippen LogP contribution in [-0.2, 0) is 0 Å². The molecule has 0 unspecified atom stereocenters. The molecule has 0 spiro atoms. The first-order valence-corrected chi connectivity index (χ1v) is 11.0. The van der Waals surface area contributed by atoms with E-state index < -0.39 is 4.25 Å². The van der Waals surface area contributed by atoms with Gasteiger partial charge in [0.05, 0.1) is 0 Å². The fraction of sp³-hybridized carbons (Fsp3) is 0.500. The summed E-state index contributed by atoms with van der Waals surface area (Å²) in [5, 5.41) is 1.60. The Balaban J connectivity index is 3.25. The van der Waals surface area contributed by atoms with Crippen LogP contribution in [0, 0.1) is 0 Å². The van der Waals surface area contributed by atoms with Crippen LogP contribution in [0.25, 0.3) is 0 Å². The third-order valence-electron chi connectivity index (χ3n) is 3.58. The van der Waals surface area contributed by atoms with E-state index >= 15 is 0 Å². The second kappa shape index (κ2) is 4.49. The molecule has 2 heteroatoms. The second-order valence-corrected chi connectivity index (χ2v) is 17.1. The summed E-state index contributed by atoms with van der Waals surface area (Å²) in [6.45, 7) is 7.05. The number of hydrogen-bond donors (Lipinski definition) is 0. The van der Waals surface area contributed by atoms with Gasteiger partial charge in [0.1, 0.15) is 0 Å². The molecule has 0 heterocycles. The van der Waals surface area contributed by atoms with E-state index in [1.165, 1.54) is 18.5 Å². The van der Waals surface area contributed by atoms with Crippen LogP contribution in [0.3, 0.4) is 0 Å². The van der Waals surface area contributed by atoms with E-state index in [4.69, 9.17) is 0 Å². The Kier molecular flexibility index (Phi) is 3.99. The zero-order chi connectivity index (χ0) is 10.7. The normalized spacial score (nSPS) is 14.7. The van der Waals surface area contributed by atoms with Gasteiger partial charge in [0, 0.05) is 0 Å². The SMILES string of the molecule is CCP(I)(CC)(CC)c1ccccc1. The first-order valence-electron chi connectivity index (χ1n) is 5.37. The molecule has 1 aromatic carbocycles. The van der Waals surface area contributed by atoms with Gasteiger partial charge in [0.2, 0.25) is 0 Å². The minimum atomic E-state index is -1.60. The van der Waals surface area contributed by atoms with E-state index in [0.29, 0.717) is 0 Å². The van der Waals surface area contributed by atoms with Crippen molar-refractivity contribution in [1.82, 2.24) is 0 Å². The van der Waals surface area contributed by atoms with Gasteiger partial charge < -0.3 is 0 Å². The van der Waals surface area contributed by atoms with Crippen molar-refractivity contribution in [3.8, 4) is 0 Å². The number of rotatable bonds is 4. The second-order valence-electron chi connectivity index (χ2n) is 3.87. The van der Waals surface area contributed by atoms with Gasteiger partial charge in [-0.2, -0.15) is 0 Å². The molecule has 0 aliphatic rings. The van der Waals surface area contributed by atoms with Gasteiger partial charge in [0.25, 0.3) is 0 Å².